The van der Waals surface area contributed by atoms with Gasteiger partial charge in [-0.05, 0) is 24.3 Å². The Kier molecular flexibility index (Phi) is 5.14. The number of benzene rings is 2. The van der Waals surface area contributed by atoms with Crippen molar-refractivity contribution >= 4 is 29.0 Å². The molecule has 2 N–H and O–H groups in total. The van der Waals surface area contributed by atoms with Crippen LogP contribution in [-0.2, 0) is 11.3 Å². The number of hydrogen-bond acceptors (Lipinski definition) is 2. The summed E-state index contributed by atoms with van der Waals surface area (Å²) in [5.74, 6) is -0.477. The quantitative estimate of drug-likeness (QED) is 0.886. The highest BCUT2D eigenvalue weighted by Gasteiger charge is 2.09. The molecule has 0 aliphatic rings. The minimum atomic E-state index is -0.508. The average Bonchev–Trinajstić information content (AvgIpc) is 2.45. The van der Waals surface area contributed by atoms with Gasteiger partial charge in [0.05, 0.1) is 17.3 Å². The van der Waals surface area contributed by atoms with E-state index in [-0.39, 0.29) is 10.7 Å². The molecule has 0 bridgehead atoms. The molecule has 0 aliphatic heterocycles. The minimum absolute atomic E-state index is 0.207. The Morgan fingerprint density at radius 2 is 1.90 bits per heavy atom. The van der Waals surface area contributed by atoms with Crippen LogP contribution in [0.25, 0.3) is 0 Å². The molecular formula is C15H14ClFN2O2. The molecule has 0 atom stereocenters. The van der Waals surface area contributed by atoms with Gasteiger partial charge in [0.2, 0.25) is 0 Å². The van der Waals surface area contributed by atoms with Gasteiger partial charge in [0.15, 0.2) is 0 Å². The lowest BCUT2D eigenvalue weighted by Crippen LogP contribution is -2.20. The van der Waals surface area contributed by atoms with Crippen molar-refractivity contribution in [2.75, 3.05) is 17.7 Å². The van der Waals surface area contributed by atoms with E-state index in [1.54, 1.807) is 19.2 Å². The molecular weight excluding hydrogens is 295 g/mol. The zero-order chi connectivity index (χ0) is 15.2. The van der Waals surface area contributed by atoms with E-state index in [2.05, 4.69) is 10.6 Å². The van der Waals surface area contributed by atoms with Crippen molar-refractivity contribution in [3.05, 3.63) is 58.9 Å². The van der Waals surface area contributed by atoms with Crippen molar-refractivity contribution in [1.29, 1.82) is 0 Å². The van der Waals surface area contributed by atoms with E-state index in [9.17, 15) is 9.18 Å². The lowest BCUT2D eigenvalue weighted by atomic mass is 10.2. The molecule has 2 rings (SSSR count). The Hall–Kier alpha value is -2.11. The molecule has 0 spiro atoms. The molecule has 0 saturated heterocycles. The number of carbonyl (C=O) groups excluding carboxylic acids is 1. The van der Waals surface area contributed by atoms with Gasteiger partial charge in [-0.3, -0.25) is 0 Å². The van der Waals surface area contributed by atoms with E-state index in [4.69, 9.17) is 16.3 Å². The number of amides is 2. The zero-order valence-electron chi connectivity index (χ0n) is 11.3. The van der Waals surface area contributed by atoms with Gasteiger partial charge in [-0.2, -0.15) is 0 Å². The van der Waals surface area contributed by atoms with Gasteiger partial charge in [-0.1, -0.05) is 29.8 Å². The standard InChI is InChI=1S/C15H14ClFN2O2/c1-21-9-10-4-2-3-5-13(10)18-15(20)19-14-8-11(17)6-7-12(14)16/h2-8H,9H2,1H3,(H2,18,19,20). The van der Waals surface area contributed by atoms with Crippen molar-refractivity contribution in [2.45, 2.75) is 6.61 Å². The van der Waals surface area contributed by atoms with E-state index in [0.717, 1.165) is 11.6 Å². The van der Waals surface area contributed by atoms with Crippen LogP contribution in [0.4, 0.5) is 20.6 Å². The molecule has 2 aromatic rings. The maximum Gasteiger partial charge on any atom is 0.323 e. The summed E-state index contributed by atoms with van der Waals surface area (Å²) in [6, 6.07) is 10.5. The summed E-state index contributed by atoms with van der Waals surface area (Å²) in [4.78, 5) is 12.0. The van der Waals surface area contributed by atoms with Crippen LogP contribution in [0.3, 0.4) is 0 Å². The molecule has 4 nitrogen and oxygen atoms in total. The van der Waals surface area contributed by atoms with Crippen LogP contribution < -0.4 is 10.6 Å². The van der Waals surface area contributed by atoms with Crippen molar-refractivity contribution in [3.63, 3.8) is 0 Å². The summed E-state index contributed by atoms with van der Waals surface area (Å²) in [5, 5.41) is 5.45. The number of rotatable bonds is 4. The predicted molar refractivity (Wildman–Crippen MR) is 81.2 cm³/mol. The first-order valence-corrected chi connectivity index (χ1v) is 6.58. The van der Waals surface area contributed by atoms with Crippen LogP contribution in [0.5, 0.6) is 0 Å². The second-order valence-corrected chi connectivity index (χ2v) is 4.70. The number of carbonyl (C=O) groups is 1. The minimum Gasteiger partial charge on any atom is -0.380 e. The fourth-order valence-corrected chi connectivity index (χ4v) is 1.96. The Labute approximate surface area is 126 Å². The monoisotopic (exact) mass is 308 g/mol. The van der Waals surface area contributed by atoms with E-state index < -0.39 is 11.8 Å². The van der Waals surface area contributed by atoms with Crippen LogP contribution in [0.1, 0.15) is 5.56 Å². The largest absolute Gasteiger partial charge is 0.380 e. The second kappa shape index (κ2) is 7.06. The highest BCUT2D eigenvalue weighted by molar-refractivity contribution is 6.33. The normalized spacial score (nSPS) is 10.2. The van der Waals surface area contributed by atoms with Crippen LogP contribution in [0, 0.1) is 5.82 Å². The van der Waals surface area contributed by atoms with Gasteiger partial charge in [0.1, 0.15) is 5.82 Å². The van der Waals surface area contributed by atoms with Gasteiger partial charge < -0.3 is 15.4 Å². The molecule has 0 fully saturated rings. The molecule has 0 radical (unpaired) electrons. The highest BCUT2D eigenvalue weighted by Crippen LogP contribution is 2.23. The van der Waals surface area contributed by atoms with Gasteiger partial charge in [-0.15, -0.1) is 0 Å². The Balaban J connectivity index is 2.10. The van der Waals surface area contributed by atoms with E-state index >= 15 is 0 Å². The van der Waals surface area contributed by atoms with Crippen molar-refractivity contribution in [2.24, 2.45) is 0 Å². The van der Waals surface area contributed by atoms with E-state index in [1.807, 2.05) is 12.1 Å². The summed E-state index contributed by atoms with van der Waals surface area (Å²) in [6.45, 7) is 0.372. The Morgan fingerprint density at radius 3 is 2.67 bits per heavy atom. The number of nitrogens with one attached hydrogen (secondary N) is 2. The van der Waals surface area contributed by atoms with Crippen molar-refractivity contribution in [1.82, 2.24) is 0 Å². The molecule has 110 valence electrons. The lowest BCUT2D eigenvalue weighted by Gasteiger charge is -2.12. The summed E-state index contributed by atoms with van der Waals surface area (Å²) < 4.78 is 18.2. The average molecular weight is 309 g/mol. The van der Waals surface area contributed by atoms with Crippen LogP contribution in [0.15, 0.2) is 42.5 Å². The topological polar surface area (TPSA) is 50.4 Å². The SMILES string of the molecule is COCc1ccccc1NC(=O)Nc1cc(F)ccc1Cl. The summed E-state index contributed by atoms with van der Waals surface area (Å²) in [6.07, 6.45) is 0. The molecule has 0 unspecified atom stereocenters. The molecule has 6 heteroatoms. The number of para-hydroxylation sites is 1. The molecule has 2 amide bonds. The number of ether oxygens (including phenoxy) is 1. The fourth-order valence-electron chi connectivity index (χ4n) is 1.79. The third kappa shape index (κ3) is 4.18. The number of hydrogen-bond donors (Lipinski definition) is 2. The number of methoxy groups -OCH3 is 1. The third-order valence-electron chi connectivity index (χ3n) is 2.74. The molecule has 0 heterocycles. The summed E-state index contributed by atoms with van der Waals surface area (Å²) in [7, 11) is 1.57. The Bertz CT molecular complexity index is 649. The molecule has 2 aromatic carbocycles. The lowest BCUT2D eigenvalue weighted by molar-refractivity contribution is 0.185. The Morgan fingerprint density at radius 1 is 1.19 bits per heavy atom. The maximum atomic E-state index is 13.1. The zero-order valence-corrected chi connectivity index (χ0v) is 12.1. The smallest absolute Gasteiger partial charge is 0.323 e. The first-order valence-electron chi connectivity index (χ1n) is 6.20. The number of halogens is 2. The summed E-state index contributed by atoms with van der Waals surface area (Å²) >= 11 is 5.90. The molecule has 21 heavy (non-hydrogen) atoms. The second-order valence-electron chi connectivity index (χ2n) is 4.29. The third-order valence-corrected chi connectivity index (χ3v) is 3.07. The molecule has 0 aromatic heterocycles. The first-order chi connectivity index (χ1) is 10.1. The van der Waals surface area contributed by atoms with Crippen LogP contribution in [0.2, 0.25) is 5.02 Å². The van der Waals surface area contributed by atoms with Gasteiger partial charge in [-0.25, -0.2) is 9.18 Å². The first kappa shape index (κ1) is 15.3. The van der Waals surface area contributed by atoms with Gasteiger partial charge in [0.25, 0.3) is 0 Å². The highest BCUT2D eigenvalue weighted by atomic mass is 35.5. The van der Waals surface area contributed by atoms with E-state index in [1.165, 1.54) is 12.1 Å². The summed E-state index contributed by atoms with van der Waals surface area (Å²) in [5.41, 5.74) is 1.66. The van der Waals surface area contributed by atoms with Crippen LogP contribution >= 0.6 is 11.6 Å². The maximum absolute atomic E-state index is 13.1. The molecule has 0 aliphatic carbocycles. The van der Waals surface area contributed by atoms with Crippen molar-refractivity contribution < 1.29 is 13.9 Å². The predicted octanol–water partition coefficient (Wildman–Crippen LogP) is 4.27. The molecule has 0 saturated carbocycles. The van der Waals surface area contributed by atoms with Crippen molar-refractivity contribution in [3.8, 4) is 0 Å². The van der Waals surface area contributed by atoms with Crippen LogP contribution in [-0.4, -0.2) is 13.1 Å². The van der Waals surface area contributed by atoms with Gasteiger partial charge >= 0.3 is 6.03 Å². The number of anilines is 2. The van der Waals surface area contributed by atoms with E-state index in [0.29, 0.717) is 12.3 Å². The fraction of sp³-hybridized carbons (Fsp3) is 0.133. The van der Waals surface area contributed by atoms with Gasteiger partial charge in [0, 0.05) is 18.4 Å². The number of urea groups is 1.